The molecular formula is C27H23N7O7S3. The van der Waals surface area contributed by atoms with Gasteiger partial charge in [0.15, 0.2) is 10.9 Å². The van der Waals surface area contributed by atoms with Gasteiger partial charge in [0.25, 0.3) is 20.1 Å². The third-order valence-electron chi connectivity index (χ3n) is 6.18. The first-order valence-corrected chi connectivity index (χ1v) is 16.2. The van der Waals surface area contributed by atoms with Gasteiger partial charge in [-0.05, 0) is 66.4 Å². The van der Waals surface area contributed by atoms with Crippen molar-refractivity contribution >= 4 is 75.8 Å². The minimum atomic E-state index is -4.79. The fraction of sp³-hybridized carbons (Fsp3) is 0.0741. The molecule has 17 heteroatoms. The maximum absolute atomic E-state index is 12.5. The second-order valence-corrected chi connectivity index (χ2v) is 13.1. The number of nitrogens with two attached hydrogens (primary N) is 1. The lowest BCUT2D eigenvalue weighted by molar-refractivity contribution is 0.416. The van der Waals surface area contributed by atoms with Crippen LogP contribution in [0.15, 0.2) is 102 Å². The van der Waals surface area contributed by atoms with Crippen molar-refractivity contribution in [2.45, 2.75) is 16.7 Å². The van der Waals surface area contributed by atoms with Gasteiger partial charge < -0.3 is 15.6 Å². The van der Waals surface area contributed by atoms with E-state index in [0.717, 1.165) is 17.4 Å². The summed E-state index contributed by atoms with van der Waals surface area (Å²) in [6.07, 6.45) is 1.49. The van der Waals surface area contributed by atoms with Crippen molar-refractivity contribution in [1.29, 1.82) is 0 Å². The largest absolute Gasteiger partial charge is 0.505 e. The predicted molar refractivity (Wildman–Crippen MR) is 165 cm³/mol. The normalized spacial score (nSPS) is 12.3. The van der Waals surface area contributed by atoms with Crippen molar-refractivity contribution in [2.75, 3.05) is 17.6 Å². The lowest BCUT2D eigenvalue weighted by Crippen LogP contribution is -2.12. The van der Waals surface area contributed by atoms with Gasteiger partial charge in [-0.3, -0.25) is 9.27 Å². The molecule has 1 heterocycles. The first kappa shape index (κ1) is 30.5. The van der Waals surface area contributed by atoms with Crippen LogP contribution in [-0.2, 0) is 20.1 Å². The Bertz CT molecular complexity index is 2150. The maximum atomic E-state index is 12.5. The molecule has 0 saturated heterocycles. The zero-order valence-electron chi connectivity index (χ0n) is 22.9. The summed E-state index contributed by atoms with van der Waals surface area (Å²) in [6.45, 7) is 1.71. The summed E-state index contributed by atoms with van der Waals surface area (Å²) in [5.74, 6) is -0.342. The highest BCUT2D eigenvalue weighted by Crippen LogP contribution is 2.43. The number of phenolic OH excluding ortho intramolecular Hbond substituents is 1. The quantitative estimate of drug-likeness (QED) is 0.0747. The van der Waals surface area contributed by atoms with Gasteiger partial charge in [-0.1, -0.05) is 6.07 Å². The van der Waals surface area contributed by atoms with Gasteiger partial charge in [0.05, 0.1) is 23.4 Å². The standard InChI is InChI=1S/C27H23N7O7S3/c1-15-11-22(32-33-25-24(44(38,39)40)12-16-3-4-17(28)13-20(16)26(25)35)23(41-2)14-21(15)31-30-18-5-7-19(8-6-18)43(36,37)34-27-29-9-10-42-27/h3-14,35H,28H2,1-2H3,(H,29,34)(H,38,39,40). The van der Waals surface area contributed by atoms with Crippen LogP contribution < -0.4 is 15.2 Å². The number of aryl methyl sites for hydroxylation is 1. The highest BCUT2D eigenvalue weighted by molar-refractivity contribution is 7.93. The molecule has 1 aromatic heterocycles. The van der Waals surface area contributed by atoms with Gasteiger partial charge >= 0.3 is 0 Å². The molecule has 0 fully saturated rings. The van der Waals surface area contributed by atoms with Crippen molar-refractivity contribution in [3.05, 3.63) is 77.8 Å². The van der Waals surface area contributed by atoms with Crippen LogP contribution in [0.25, 0.3) is 10.8 Å². The van der Waals surface area contributed by atoms with Crippen molar-refractivity contribution in [2.24, 2.45) is 20.5 Å². The van der Waals surface area contributed by atoms with Crippen LogP contribution in [0.3, 0.4) is 0 Å². The number of nitrogens with zero attached hydrogens (tertiary/aromatic N) is 5. The van der Waals surface area contributed by atoms with E-state index in [4.69, 9.17) is 10.5 Å². The van der Waals surface area contributed by atoms with E-state index in [0.29, 0.717) is 28.0 Å². The van der Waals surface area contributed by atoms with E-state index in [1.807, 2.05) is 0 Å². The number of aromatic hydroxyl groups is 1. The SMILES string of the molecule is COc1cc(N=Nc2ccc(S(=O)(=O)Nc3nccs3)cc2)c(C)cc1N=Nc1c(S(=O)(=O)O)cc2ccc(N)cc2c1O. The van der Waals surface area contributed by atoms with Crippen LogP contribution in [0.1, 0.15) is 5.56 Å². The zero-order chi connectivity index (χ0) is 31.6. The van der Waals surface area contributed by atoms with E-state index in [9.17, 15) is 26.5 Å². The number of rotatable bonds is 9. The van der Waals surface area contributed by atoms with Crippen LogP contribution in [0, 0.1) is 6.92 Å². The molecule has 0 unspecified atom stereocenters. The second kappa shape index (κ2) is 12.0. The molecule has 5 aromatic rings. The molecule has 0 spiro atoms. The summed E-state index contributed by atoms with van der Waals surface area (Å²) in [6, 6.07) is 14.4. The van der Waals surface area contributed by atoms with E-state index in [-0.39, 0.29) is 26.9 Å². The Kier molecular flexibility index (Phi) is 8.29. The molecule has 0 bridgehead atoms. The Morgan fingerprint density at radius 2 is 1.66 bits per heavy atom. The fourth-order valence-electron chi connectivity index (χ4n) is 4.02. The molecule has 0 amide bonds. The smallest absolute Gasteiger partial charge is 0.296 e. The number of methoxy groups -OCH3 is 1. The number of anilines is 2. The average Bonchev–Trinajstić information content (AvgIpc) is 3.48. The van der Waals surface area contributed by atoms with Crippen molar-refractivity contribution in [1.82, 2.24) is 4.98 Å². The van der Waals surface area contributed by atoms with Gasteiger partial charge in [-0.25, -0.2) is 13.4 Å². The molecule has 5 N–H and O–H groups in total. The zero-order valence-corrected chi connectivity index (χ0v) is 25.4. The summed E-state index contributed by atoms with van der Waals surface area (Å²) in [5, 5.41) is 29.7. The number of benzene rings is 4. The van der Waals surface area contributed by atoms with Crippen LogP contribution in [0.2, 0.25) is 0 Å². The van der Waals surface area contributed by atoms with Crippen LogP contribution in [0.4, 0.5) is 33.6 Å². The van der Waals surface area contributed by atoms with Gasteiger partial charge in [0, 0.05) is 28.7 Å². The molecule has 0 atom stereocenters. The molecule has 0 aliphatic rings. The first-order valence-electron chi connectivity index (χ1n) is 12.4. The number of azo groups is 2. The number of hydrogen-bond acceptors (Lipinski definition) is 13. The average molecular weight is 654 g/mol. The number of thiazole rings is 1. The Morgan fingerprint density at radius 1 is 0.932 bits per heavy atom. The van der Waals surface area contributed by atoms with Gasteiger partial charge in [0.2, 0.25) is 0 Å². The van der Waals surface area contributed by atoms with Crippen molar-refractivity contribution in [3.8, 4) is 11.5 Å². The molecule has 0 aliphatic carbocycles. The Labute approximate surface area is 255 Å². The minimum absolute atomic E-state index is 0.0253. The van der Waals surface area contributed by atoms with E-state index >= 15 is 0 Å². The Balaban J connectivity index is 1.43. The topological polar surface area (TPSA) is 218 Å². The van der Waals surface area contributed by atoms with Gasteiger partial charge in [-0.2, -0.15) is 18.6 Å². The maximum Gasteiger partial charge on any atom is 0.296 e. The number of ether oxygens (including phenoxy) is 1. The summed E-state index contributed by atoms with van der Waals surface area (Å²) in [5.41, 5.74) is 7.18. The Morgan fingerprint density at radius 3 is 2.32 bits per heavy atom. The van der Waals surface area contributed by atoms with E-state index in [1.54, 1.807) is 18.4 Å². The second-order valence-electron chi connectivity index (χ2n) is 9.17. The van der Waals surface area contributed by atoms with Crippen LogP contribution in [-0.4, -0.2) is 38.6 Å². The van der Waals surface area contributed by atoms with Crippen LogP contribution >= 0.6 is 11.3 Å². The number of hydrogen-bond donors (Lipinski definition) is 4. The Hall–Kier alpha value is -4.97. The molecule has 14 nitrogen and oxygen atoms in total. The van der Waals surface area contributed by atoms with E-state index in [1.165, 1.54) is 61.8 Å². The molecule has 5 rings (SSSR count). The molecular weight excluding hydrogens is 631 g/mol. The first-order chi connectivity index (χ1) is 20.9. The van der Waals surface area contributed by atoms with Gasteiger partial charge in [0.1, 0.15) is 22.0 Å². The minimum Gasteiger partial charge on any atom is -0.505 e. The van der Waals surface area contributed by atoms with Crippen LogP contribution in [0.5, 0.6) is 11.5 Å². The highest BCUT2D eigenvalue weighted by atomic mass is 32.2. The van der Waals surface area contributed by atoms with Crippen molar-refractivity contribution < 1.29 is 31.2 Å². The number of phenols is 1. The monoisotopic (exact) mass is 653 g/mol. The predicted octanol–water partition coefficient (Wildman–Crippen LogP) is 6.78. The fourth-order valence-corrected chi connectivity index (χ4v) is 6.47. The molecule has 4 aromatic carbocycles. The summed E-state index contributed by atoms with van der Waals surface area (Å²) in [7, 11) is -7.23. The number of nitrogen functional groups attached to an aromatic ring is 1. The number of nitrogens with one attached hydrogen (secondary N) is 1. The summed E-state index contributed by atoms with van der Waals surface area (Å²) < 4.78 is 66.9. The lowest BCUT2D eigenvalue weighted by Gasteiger charge is -2.10. The molecule has 0 aliphatic heterocycles. The molecule has 0 saturated carbocycles. The molecule has 44 heavy (non-hydrogen) atoms. The third-order valence-corrected chi connectivity index (χ3v) is 9.22. The van der Waals surface area contributed by atoms with E-state index < -0.39 is 36.5 Å². The number of aromatic nitrogens is 1. The number of sulfonamides is 1. The molecule has 0 radical (unpaired) electrons. The van der Waals surface area contributed by atoms with Gasteiger partial charge in [-0.15, -0.1) is 21.6 Å². The summed E-state index contributed by atoms with van der Waals surface area (Å²) >= 11 is 1.16. The van der Waals surface area contributed by atoms with E-state index in [2.05, 4.69) is 30.2 Å². The third kappa shape index (κ3) is 6.50. The lowest BCUT2D eigenvalue weighted by atomic mass is 10.1. The molecule has 226 valence electrons. The number of fused-ring (bicyclic) bond motifs is 1. The van der Waals surface area contributed by atoms with Crippen molar-refractivity contribution in [3.63, 3.8) is 0 Å². The highest BCUT2D eigenvalue weighted by Gasteiger charge is 2.22. The summed E-state index contributed by atoms with van der Waals surface area (Å²) in [4.78, 5) is 3.30.